The van der Waals surface area contributed by atoms with Crippen molar-refractivity contribution < 1.29 is 9.21 Å². The predicted octanol–water partition coefficient (Wildman–Crippen LogP) is 1.74. The van der Waals surface area contributed by atoms with Gasteiger partial charge in [0.25, 0.3) is 5.91 Å². The van der Waals surface area contributed by atoms with Crippen LogP contribution in [0.15, 0.2) is 4.42 Å². The van der Waals surface area contributed by atoms with Crippen molar-refractivity contribution in [3.05, 3.63) is 17.3 Å². The zero-order valence-corrected chi connectivity index (χ0v) is 12.9. The van der Waals surface area contributed by atoms with Crippen molar-refractivity contribution in [1.29, 1.82) is 5.26 Å². The highest BCUT2D eigenvalue weighted by molar-refractivity contribution is 5.92. The van der Waals surface area contributed by atoms with Crippen molar-refractivity contribution in [1.82, 2.24) is 14.8 Å². The van der Waals surface area contributed by atoms with Gasteiger partial charge in [-0.15, -0.1) is 0 Å². The van der Waals surface area contributed by atoms with Crippen LogP contribution in [0.5, 0.6) is 0 Å². The van der Waals surface area contributed by atoms with Gasteiger partial charge in [-0.05, 0) is 13.3 Å². The molecule has 0 aromatic carbocycles. The Morgan fingerprint density at radius 1 is 1.38 bits per heavy atom. The van der Waals surface area contributed by atoms with E-state index in [2.05, 4.69) is 22.9 Å². The van der Waals surface area contributed by atoms with Crippen LogP contribution in [0.25, 0.3) is 0 Å². The van der Waals surface area contributed by atoms with E-state index >= 15 is 0 Å². The SMILES string of the molecule is CCCC(C#N)N1CCN(C(=O)c2oc(C)nc2C)CC1. The Morgan fingerprint density at radius 3 is 2.52 bits per heavy atom. The molecule has 1 amide bonds. The van der Waals surface area contributed by atoms with Crippen LogP contribution in [0.1, 0.15) is 41.9 Å². The molecule has 0 saturated carbocycles. The number of carbonyl (C=O) groups is 1. The Hall–Kier alpha value is -1.87. The largest absolute Gasteiger partial charge is 0.436 e. The second-order valence-electron chi connectivity index (χ2n) is 5.41. The summed E-state index contributed by atoms with van der Waals surface area (Å²) in [7, 11) is 0. The number of nitrogens with zero attached hydrogens (tertiary/aromatic N) is 4. The summed E-state index contributed by atoms with van der Waals surface area (Å²) in [6, 6.07) is 2.31. The first-order valence-corrected chi connectivity index (χ1v) is 7.43. The standard InChI is InChI=1S/C15H22N4O2/c1-4-5-13(10-16)18-6-8-19(9-7-18)15(20)14-11(2)17-12(3)21-14/h13H,4-9H2,1-3H3. The van der Waals surface area contributed by atoms with E-state index < -0.39 is 0 Å². The number of hydrogen-bond acceptors (Lipinski definition) is 5. The molecule has 2 heterocycles. The fourth-order valence-corrected chi connectivity index (χ4v) is 2.71. The van der Waals surface area contributed by atoms with E-state index in [0.29, 0.717) is 30.4 Å². The summed E-state index contributed by atoms with van der Waals surface area (Å²) < 4.78 is 5.40. The van der Waals surface area contributed by atoms with Crippen LogP contribution < -0.4 is 0 Å². The highest BCUT2D eigenvalue weighted by Gasteiger charge is 2.28. The molecular formula is C15H22N4O2. The van der Waals surface area contributed by atoms with E-state index in [1.165, 1.54) is 0 Å². The molecule has 0 aliphatic carbocycles. The minimum absolute atomic E-state index is 0.0403. The Balaban J connectivity index is 1.96. The van der Waals surface area contributed by atoms with Gasteiger partial charge in [0, 0.05) is 33.1 Å². The minimum atomic E-state index is -0.100. The molecule has 0 N–H and O–H groups in total. The van der Waals surface area contributed by atoms with Crippen molar-refractivity contribution in [3.8, 4) is 6.07 Å². The Kier molecular flexibility index (Phi) is 4.97. The topological polar surface area (TPSA) is 73.4 Å². The first-order chi connectivity index (χ1) is 10.1. The van der Waals surface area contributed by atoms with E-state index in [9.17, 15) is 10.1 Å². The van der Waals surface area contributed by atoms with Gasteiger partial charge in [-0.1, -0.05) is 13.3 Å². The first-order valence-electron chi connectivity index (χ1n) is 7.43. The number of hydrogen-bond donors (Lipinski definition) is 0. The summed E-state index contributed by atoms with van der Waals surface area (Å²) in [4.78, 5) is 20.5. The zero-order chi connectivity index (χ0) is 15.4. The van der Waals surface area contributed by atoms with Crippen molar-refractivity contribution in [2.75, 3.05) is 26.2 Å². The van der Waals surface area contributed by atoms with Crippen LogP contribution >= 0.6 is 0 Å². The molecule has 6 nitrogen and oxygen atoms in total. The quantitative estimate of drug-likeness (QED) is 0.844. The molecule has 1 aromatic rings. The number of piperazine rings is 1. The first kappa shape index (κ1) is 15.5. The molecule has 1 unspecified atom stereocenters. The summed E-state index contributed by atoms with van der Waals surface area (Å²) in [6.45, 7) is 8.32. The Labute approximate surface area is 125 Å². The molecule has 2 rings (SSSR count). The van der Waals surface area contributed by atoms with Crippen LogP contribution in [0, 0.1) is 25.2 Å². The zero-order valence-electron chi connectivity index (χ0n) is 12.9. The maximum Gasteiger partial charge on any atom is 0.291 e. The molecule has 6 heteroatoms. The van der Waals surface area contributed by atoms with Gasteiger partial charge in [0.05, 0.1) is 17.8 Å². The van der Waals surface area contributed by atoms with Crippen LogP contribution in [-0.2, 0) is 0 Å². The molecule has 21 heavy (non-hydrogen) atoms. The van der Waals surface area contributed by atoms with Gasteiger partial charge in [0.15, 0.2) is 5.89 Å². The molecule has 1 aromatic heterocycles. The number of nitriles is 1. The maximum absolute atomic E-state index is 12.4. The molecule has 1 aliphatic heterocycles. The van der Waals surface area contributed by atoms with Crippen LogP contribution in [-0.4, -0.2) is 52.9 Å². The highest BCUT2D eigenvalue weighted by atomic mass is 16.4. The fourth-order valence-electron chi connectivity index (χ4n) is 2.71. The average molecular weight is 290 g/mol. The number of carbonyl (C=O) groups excluding carboxylic acids is 1. The van der Waals surface area contributed by atoms with Crippen LogP contribution in [0.2, 0.25) is 0 Å². The Bertz CT molecular complexity index is 538. The average Bonchev–Trinajstić information content (AvgIpc) is 2.83. The summed E-state index contributed by atoms with van der Waals surface area (Å²) in [6.07, 6.45) is 1.87. The summed E-state index contributed by atoms with van der Waals surface area (Å²) in [5, 5.41) is 9.21. The smallest absolute Gasteiger partial charge is 0.291 e. The number of rotatable bonds is 4. The summed E-state index contributed by atoms with van der Waals surface area (Å²) in [5.41, 5.74) is 0.640. The third kappa shape index (κ3) is 3.42. The summed E-state index contributed by atoms with van der Waals surface area (Å²) >= 11 is 0. The third-order valence-electron chi connectivity index (χ3n) is 3.85. The molecule has 0 spiro atoms. The van der Waals surface area contributed by atoms with Crippen molar-refractivity contribution >= 4 is 5.91 Å². The van der Waals surface area contributed by atoms with E-state index in [1.54, 1.807) is 18.7 Å². The molecule has 114 valence electrons. The second-order valence-corrected chi connectivity index (χ2v) is 5.41. The summed E-state index contributed by atoms with van der Waals surface area (Å²) in [5.74, 6) is 0.755. The third-order valence-corrected chi connectivity index (χ3v) is 3.85. The van der Waals surface area contributed by atoms with Gasteiger partial charge in [-0.25, -0.2) is 4.98 Å². The van der Waals surface area contributed by atoms with Gasteiger partial charge in [0.2, 0.25) is 5.76 Å². The Morgan fingerprint density at radius 2 is 2.05 bits per heavy atom. The lowest BCUT2D eigenvalue weighted by atomic mass is 10.1. The number of amides is 1. The van der Waals surface area contributed by atoms with E-state index in [1.807, 2.05) is 0 Å². The molecule has 0 bridgehead atoms. The number of aryl methyl sites for hydroxylation is 2. The van der Waals surface area contributed by atoms with Crippen molar-refractivity contribution in [3.63, 3.8) is 0 Å². The molecule has 1 saturated heterocycles. The lowest BCUT2D eigenvalue weighted by molar-refractivity contribution is 0.0569. The van der Waals surface area contributed by atoms with Gasteiger partial charge >= 0.3 is 0 Å². The molecule has 1 aliphatic rings. The molecular weight excluding hydrogens is 268 g/mol. The fraction of sp³-hybridized carbons (Fsp3) is 0.667. The maximum atomic E-state index is 12.4. The van der Waals surface area contributed by atoms with Crippen molar-refractivity contribution in [2.24, 2.45) is 0 Å². The normalized spacial score (nSPS) is 17.5. The van der Waals surface area contributed by atoms with Crippen molar-refractivity contribution in [2.45, 2.75) is 39.7 Å². The van der Waals surface area contributed by atoms with Gasteiger partial charge in [-0.3, -0.25) is 9.69 Å². The van der Waals surface area contributed by atoms with E-state index in [4.69, 9.17) is 4.42 Å². The van der Waals surface area contributed by atoms with Gasteiger partial charge < -0.3 is 9.32 Å². The lowest BCUT2D eigenvalue weighted by Crippen LogP contribution is -2.51. The van der Waals surface area contributed by atoms with E-state index in [-0.39, 0.29) is 11.9 Å². The predicted molar refractivity (Wildman–Crippen MR) is 77.8 cm³/mol. The molecule has 0 radical (unpaired) electrons. The number of oxazole rings is 1. The molecule has 1 fully saturated rings. The molecule has 1 atom stereocenters. The van der Waals surface area contributed by atoms with Crippen LogP contribution in [0.3, 0.4) is 0 Å². The highest BCUT2D eigenvalue weighted by Crippen LogP contribution is 2.16. The monoisotopic (exact) mass is 290 g/mol. The minimum Gasteiger partial charge on any atom is -0.436 e. The van der Waals surface area contributed by atoms with Gasteiger partial charge in [0.1, 0.15) is 0 Å². The lowest BCUT2D eigenvalue weighted by Gasteiger charge is -2.36. The van der Waals surface area contributed by atoms with E-state index in [0.717, 1.165) is 25.9 Å². The second kappa shape index (κ2) is 6.72. The van der Waals surface area contributed by atoms with Crippen LogP contribution in [0.4, 0.5) is 0 Å². The van der Waals surface area contributed by atoms with Gasteiger partial charge in [-0.2, -0.15) is 5.26 Å². The number of aromatic nitrogens is 1.